The zero-order valence-corrected chi connectivity index (χ0v) is 13.8. The van der Waals surface area contributed by atoms with Crippen LogP contribution in [0.4, 0.5) is 0 Å². The zero-order chi connectivity index (χ0) is 16.2. The Morgan fingerprint density at radius 1 is 1.09 bits per heavy atom. The third-order valence-corrected chi connectivity index (χ3v) is 3.66. The number of carbonyl (C=O) groups excluding carboxylic acids is 2. The molecule has 0 radical (unpaired) electrons. The van der Waals surface area contributed by atoms with Crippen molar-refractivity contribution in [2.75, 3.05) is 19.6 Å². The van der Waals surface area contributed by atoms with Crippen LogP contribution < -0.4 is 5.32 Å². The molecule has 1 N–H and O–H groups in total. The van der Waals surface area contributed by atoms with Crippen LogP contribution in [0.25, 0.3) is 0 Å². The van der Waals surface area contributed by atoms with Crippen LogP contribution in [-0.2, 0) is 16.0 Å². The molecule has 1 aromatic rings. The van der Waals surface area contributed by atoms with Gasteiger partial charge in [-0.25, -0.2) is 0 Å². The van der Waals surface area contributed by atoms with Gasteiger partial charge < -0.3 is 10.2 Å². The van der Waals surface area contributed by atoms with Gasteiger partial charge in [-0.1, -0.05) is 50.1 Å². The Hall–Kier alpha value is -1.84. The molecular weight excluding hydrogens is 276 g/mol. The second kappa shape index (κ2) is 10.8. The average molecular weight is 304 g/mol. The van der Waals surface area contributed by atoms with Crippen molar-refractivity contribution in [2.45, 2.75) is 46.0 Å². The predicted octanol–water partition coefficient (Wildman–Crippen LogP) is 2.77. The van der Waals surface area contributed by atoms with Gasteiger partial charge in [0.1, 0.15) is 0 Å². The molecule has 22 heavy (non-hydrogen) atoms. The number of benzene rings is 1. The summed E-state index contributed by atoms with van der Waals surface area (Å²) in [6, 6.07) is 10.1. The van der Waals surface area contributed by atoms with Crippen molar-refractivity contribution in [1.29, 1.82) is 0 Å². The maximum Gasteiger partial charge on any atom is 0.221 e. The lowest BCUT2D eigenvalue weighted by molar-refractivity contribution is -0.129. The molecule has 0 unspecified atom stereocenters. The Morgan fingerprint density at radius 3 is 2.45 bits per heavy atom. The molecule has 122 valence electrons. The van der Waals surface area contributed by atoms with E-state index in [4.69, 9.17) is 0 Å². The van der Waals surface area contributed by atoms with E-state index in [1.165, 1.54) is 5.56 Å². The predicted molar refractivity (Wildman–Crippen MR) is 89.6 cm³/mol. The van der Waals surface area contributed by atoms with Crippen molar-refractivity contribution >= 4 is 11.8 Å². The molecule has 0 saturated heterocycles. The topological polar surface area (TPSA) is 49.4 Å². The van der Waals surface area contributed by atoms with E-state index in [9.17, 15) is 9.59 Å². The van der Waals surface area contributed by atoms with Crippen LogP contribution in [0, 0.1) is 0 Å². The van der Waals surface area contributed by atoms with Gasteiger partial charge in [0.15, 0.2) is 0 Å². The largest absolute Gasteiger partial charge is 0.356 e. The van der Waals surface area contributed by atoms with Gasteiger partial charge in [0, 0.05) is 33.0 Å². The van der Waals surface area contributed by atoms with E-state index in [0.29, 0.717) is 19.5 Å². The van der Waals surface area contributed by atoms with Gasteiger partial charge in [-0.3, -0.25) is 9.59 Å². The number of unbranched alkanes of at least 4 members (excludes halogenated alkanes) is 2. The Bertz CT molecular complexity index is 446. The fraction of sp³-hybridized carbons (Fsp3) is 0.556. The van der Waals surface area contributed by atoms with E-state index >= 15 is 0 Å². The van der Waals surface area contributed by atoms with Crippen LogP contribution in [0.15, 0.2) is 30.3 Å². The van der Waals surface area contributed by atoms with Gasteiger partial charge in [0.05, 0.1) is 0 Å². The molecule has 0 aliphatic heterocycles. The number of rotatable bonds is 10. The molecule has 0 aliphatic rings. The third-order valence-electron chi connectivity index (χ3n) is 3.66. The van der Waals surface area contributed by atoms with Crippen molar-refractivity contribution in [1.82, 2.24) is 10.2 Å². The van der Waals surface area contributed by atoms with Gasteiger partial charge >= 0.3 is 0 Å². The number of nitrogens with one attached hydrogen (secondary N) is 1. The first kappa shape index (κ1) is 18.2. The number of nitrogens with zero attached hydrogens (tertiary/aromatic N) is 1. The summed E-state index contributed by atoms with van der Waals surface area (Å²) in [6.07, 6.45) is 4.46. The first-order valence-corrected chi connectivity index (χ1v) is 8.19. The van der Waals surface area contributed by atoms with E-state index in [0.717, 1.165) is 32.2 Å². The van der Waals surface area contributed by atoms with Crippen molar-refractivity contribution in [2.24, 2.45) is 0 Å². The SMILES string of the molecule is CCCCCN(CCC(=O)NCCc1ccccc1)C(C)=O. The standard InChI is InChI=1S/C18H28N2O2/c1-3-4-8-14-20(16(2)21)15-12-18(22)19-13-11-17-9-6-5-7-10-17/h5-7,9-10H,3-4,8,11-15H2,1-2H3,(H,19,22). The van der Waals surface area contributed by atoms with E-state index < -0.39 is 0 Å². The van der Waals surface area contributed by atoms with E-state index in [-0.39, 0.29) is 11.8 Å². The molecule has 0 bridgehead atoms. The second-order valence-electron chi connectivity index (χ2n) is 5.55. The number of amides is 2. The lowest BCUT2D eigenvalue weighted by Gasteiger charge is -2.20. The highest BCUT2D eigenvalue weighted by Crippen LogP contribution is 2.01. The Morgan fingerprint density at radius 2 is 1.82 bits per heavy atom. The van der Waals surface area contributed by atoms with Crippen molar-refractivity contribution in [3.8, 4) is 0 Å². The van der Waals surface area contributed by atoms with Crippen LogP contribution in [0.5, 0.6) is 0 Å². The minimum Gasteiger partial charge on any atom is -0.356 e. The summed E-state index contributed by atoms with van der Waals surface area (Å²) < 4.78 is 0. The van der Waals surface area contributed by atoms with Crippen LogP contribution >= 0.6 is 0 Å². The Labute approximate surface area is 133 Å². The van der Waals surface area contributed by atoms with E-state index in [1.807, 2.05) is 18.2 Å². The Balaban J connectivity index is 2.21. The fourth-order valence-corrected chi connectivity index (χ4v) is 2.30. The lowest BCUT2D eigenvalue weighted by atomic mass is 10.1. The summed E-state index contributed by atoms with van der Waals surface area (Å²) in [5.74, 6) is 0.0610. The first-order valence-electron chi connectivity index (χ1n) is 8.19. The maximum atomic E-state index is 11.8. The lowest BCUT2D eigenvalue weighted by Crippen LogP contribution is -2.35. The summed E-state index contributed by atoms with van der Waals surface area (Å²) in [5, 5.41) is 2.92. The van der Waals surface area contributed by atoms with E-state index in [2.05, 4.69) is 24.4 Å². The van der Waals surface area contributed by atoms with Crippen molar-refractivity contribution in [3.63, 3.8) is 0 Å². The molecule has 0 spiro atoms. The third kappa shape index (κ3) is 7.81. The molecular formula is C18H28N2O2. The highest BCUT2D eigenvalue weighted by Gasteiger charge is 2.10. The highest BCUT2D eigenvalue weighted by atomic mass is 16.2. The van der Waals surface area contributed by atoms with Crippen LogP contribution in [0.1, 0.15) is 45.1 Å². The van der Waals surface area contributed by atoms with Crippen LogP contribution in [0.2, 0.25) is 0 Å². The van der Waals surface area contributed by atoms with Gasteiger partial charge in [0.2, 0.25) is 11.8 Å². The minimum atomic E-state index is 0.0117. The maximum absolute atomic E-state index is 11.8. The van der Waals surface area contributed by atoms with E-state index in [1.54, 1.807) is 11.8 Å². The molecule has 4 heteroatoms. The first-order chi connectivity index (χ1) is 10.6. The summed E-state index contributed by atoms with van der Waals surface area (Å²) in [7, 11) is 0. The molecule has 4 nitrogen and oxygen atoms in total. The molecule has 1 rings (SSSR count). The molecule has 0 atom stereocenters. The summed E-state index contributed by atoms with van der Waals surface area (Å²) in [6.45, 7) is 5.60. The average Bonchev–Trinajstić information content (AvgIpc) is 2.51. The van der Waals surface area contributed by atoms with Crippen molar-refractivity contribution < 1.29 is 9.59 Å². The summed E-state index contributed by atoms with van der Waals surface area (Å²) in [4.78, 5) is 25.2. The van der Waals surface area contributed by atoms with Gasteiger partial charge in [-0.15, -0.1) is 0 Å². The number of hydrogen-bond donors (Lipinski definition) is 1. The summed E-state index contributed by atoms with van der Waals surface area (Å²) in [5.41, 5.74) is 1.22. The fourth-order valence-electron chi connectivity index (χ4n) is 2.30. The molecule has 0 aliphatic carbocycles. The molecule has 0 saturated carbocycles. The van der Waals surface area contributed by atoms with Gasteiger partial charge in [-0.05, 0) is 18.4 Å². The number of carbonyl (C=O) groups is 2. The van der Waals surface area contributed by atoms with Crippen LogP contribution in [-0.4, -0.2) is 36.3 Å². The van der Waals surface area contributed by atoms with Crippen molar-refractivity contribution in [3.05, 3.63) is 35.9 Å². The normalized spacial score (nSPS) is 10.3. The molecule has 1 aromatic carbocycles. The van der Waals surface area contributed by atoms with Crippen LogP contribution in [0.3, 0.4) is 0 Å². The van der Waals surface area contributed by atoms with Gasteiger partial charge in [-0.2, -0.15) is 0 Å². The molecule has 0 aromatic heterocycles. The second-order valence-corrected chi connectivity index (χ2v) is 5.55. The molecule has 0 heterocycles. The molecule has 0 fully saturated rings. The zero-order valence-electron chi connectivity index (χ0n) is 13.8. The summed E-state index contributed by atoms with van der Waals surface area (Å²) >= 11 is 0. The monoisotopic (exact) mass is 304 g/mol. The van der Waals surface area contributed by atoms with Gasteiger partial charge in [0.25, 0.3) is 0 Å². The Kier molecular flexibility index (Phi) is 8.96. The quantitative estimate of drug-likeness (QED) is 0.676. The minimum absolute atomic E-state index is 0.0117. The molecule has 2 amide bonds. The number of hydrogen-bond acceptors (Lipinski definition) is 2. The highest BCUT2D eigenvalue weighted by molar-refractivity contribution is 5.78. The smallest absolute Gasteiger partial charge is 0.221 e.